The predicted octanol–water partition coefficient (Wildman–Crippen LogP) is 7.29. The topological polar surface area (TPSA) is 9.23 Å². The number of aryl methyl sites for hydroxylation is 1. The van der Waals surface area contributed by atoms with Gasteiger partial charge in [-0.3, -0.25) is 0 Å². The summed E-state index contributed by atoms with van der Waals surface area (Å²) in [6, 6.07) is 11.3. The van der Waals surface area contributed by atoms with Gasteiger partial charge in [-0.05, 0) is 59.0 Å². The van der Waals surface area contributed by atoms with E-state index in [1.807, 2.05) is 6.92 Å². The number of benzene rings is 3. The fourth-order valence-corrected chi connectivity index (χ4v) is 3.09. The number of rotatable bonds is 5. The first-order chi connectivity index (χ1) is 13.7. The van der Waals surface area contributed by atoms with Crippen LogP contribution in [0.4, 0.5) is 26.3 Å². The minimum Gasteiger partial charge on any atom is -0.406 e. The van der Waals surface area contributed by atoms with Gasteiger partial charge < -0.3 is 4.74 Å². The molecule has 0 saturated carbocycles. The molecule has 0 aliphatic heterocycles. The largest absolute Gasteiger partial charge is 0.573 e. The molecule has 0 unspecified atom stereocenters. The molecule has 0 atom stereocenters. The molecule has 0 radical (unpaired) electrons. The molecule has 0 bridgehead atoms. The van der Waals surface area contributed by atoms with Crippen molar-refractivity contribution in [3.05, 3.63) is 77.6 Å². The maximum Gasteiger partial charge on any atom is 0.573 e. The summed E-state index contributed by atoms with van der Waals surface area (Å²) < 4.78 is 84.2. The lowest BCUT2D eigenvalue weighted by Gasteiger charge is -2.16. The van der Waals surface area contributed by atoms with Crippen LogP contribution in [0, 0.1) is 17.5 Å². The smallest absolute Gasteiger partial charge is 0.406 e. The number of alkyl halides is 3. The zero-order chi connectivity index (χ0) is 21.2. The van der Waals surface area contributed by atoms with E-state index in [0.717, 1.165) is 42.7 Å². The van der Waals surface area contributed by atoms with Crippen LogP contribution in [0.5, 0.6) is 5.75 Å². The molecule has 0 heterocycles. The highest BCUT2D eigenvalue weighted by molar-refractivity contribution is 5.85. The molecule has 0 aromatic heterocycles. The van der Waals surface area contributed by atoms with Crippen LogP contribution in [-0.4, -0.2) is 6.36 Å². The fraction of sp³-hybridized carbons (Fsp3) is 0.182. The van der Waals surface area contributed by atoms with Gasteiger partial charge >= 0.3 is 6.36 Å². The van der Waals surface area contributed by atoms with E-state index in [4.69, 9.17) is 0 Å². The van der Waals surface area contributed by atoms with Gasteiger partial charge in [0.25, 0.3) is 0 Å². The third-order valence-electron chi connectivity index (χ3n) is 4.34. The van der Waals surface area contributed by atoms with Crippen molar-refractivity contribution < 1.29 is 31.1 Å². The molecule has 3 aromatic rings. The number of hydrogen-bond donors (Lipinski definition) is 0. The standard InChI is InChI=1S/C22H16F6O/c1-2-3-13-4-6-14(7-5-13)17-12-15(29-22(26,27)28)8-9-16(17)20-18(23)10-11-19(24)21(20)25/h4-12H,2-3H2,1H3. The van der Waals surface area contributed by atoms with Crippen LogP contribution in [-0.2, 0) is 6.42 Å². The van der Waals surface area contributed by atoms with E-state index in [1.54, 1.807) is 24.3 Å². The van der Waals surface area contributed by atoms with Crippen molar-refractivity contribution in [2.45, 2.75) is 26.1 Å². The Hall–Kier alpha value is -2.96. The second kappa shape index (κ2) is 8.19. The van der Waals surface area contributed by atoms with Crippen LogP contribution < -0.4 is 4.74 Å². The maximum atomic E-state index is 14.4. The SMILES string of the molecule is CCCc1ccc(-c2cc(OC(F)(F)F)ccc2-c2c(F)ccc(F)c2F)cc1. The third-order valence-corrected chi connectivity index (χ3v) is 4.34. The zero-order valence-electron chi connectivity index (χ0n) is 15.3. The molecule has 29 heavy (non-hydrogen) atoms. The van der Waals surface area contributed by atoms with Crippen molar-refractivity contribution in [2.24, 2.45) is 0 Å². The highest BCUT2D eigenvalue weighted by atomic mass is 19.4. The molecule has 1 nitrogen and oxygen atoms in total. The average molecular weight is 410 g/mol. The van der Waals surface area contributed by atoms with Gasteiger partial charge in [-0.1, -0.05) is 37.6 Å². The molecule has 0 fully saturated rings. The van der Waals surface area contributed by atoms with Gasteiger partial charge in [0.2, 0.25) is 0 Å². The number of halogens is 6. The molecule has 0 N–H and O–H groups in total. The van der Waals surface area contributed by atoms with Crippen LogP contribution in [0.15, 0.2) is 54.6 Å². The van der Waals surface area contributed by atoms with Gasteiger partial charge in [-0.15, -0.1) is 13.2 Å². The zero-order valence-corrected chi connectivity index (χ0v) is 15.3. The van der Waals surface area contributed by atoms with E-state index in [9.17, 15) is 26.3 Å². The monoisotopic (exact) mass is 410 g/mol. The molecule has 152 valence electrons. The van der Waals surface area contributed by atoms with Crippen molar-refractivity contribution >= 4 is 0 Å². The first kappa shape index (κ1) is 20.8. The number of hydrogen-bond acceptors (Lipinski definition) is 1. The van der Waals surface area contributed by atoms with E-state index in [0.29, 0.717) is 11.6 Å². The second-order valence-electron chi connectivity index (χ2n) is 6.42. The fourth-order valence-electron chi connectivity index (χ4n) is 3.09. The van der Waals surface area contributed by atoms with E-state index in [1.165, 1.54) is 0 Å². The minimum absolute atomic E-state index is 0.0817. The Labute approximate surface area is 163 Å². The summed E-state index contributed by atoms with van der Waals surface area (Å²) in [6.45, 7) is 2.00. The lowest BCUT2D eigenvalue weighted by Crippen LogP contribution is -2.17. The highest BCUT2D eigenvalue weighted by Crippen LogP contribution is 2.39. The summed E-state index contributed by atoms with van der Waals surface area (Å²) >= 11 is 0. The molecule has 3 aromatic carbocycles. The van der Waals surface area contributed by atoms with Crippen LogP contribution in [0.1, 0.15) is 18.9 Å². The summed E-state index contributed by atoms with van der Waals surface area (Å²) in [6.07, 6.45) is -3.23. The van der Waals surface area contributed by atoms with Crippen molar-refractivity contribution in [1.82, 2.24) is 0 Å². The Balaban J connectivity index is 2.20. The molecule has 0 aliphatic rings. The van der Waals surface area contributed by atoms with Crippen molar-refractivity contribution in [3.63, 3.8) is 0 Å². The molecule has 3 rings (SSSR count). The van der Waals surface area contributed by atoms with Crippen LogP contribution in [0.2, 0.25) is 0 Å². The van der Waals surface area contributed by atoms with Gasteiger partial charge in [0.1, 0.15) is 11.6 Å². The average Bonchev–Trinajstić information content (AvgIpc) is 2.66. The quantitative estimate of drug-likeness (QED) is 0.317. The third kappa shape index (κ3) is 4.72. The van der Waals surface area contributed by atoms with Crippen molar-refractivity contribution in [1.29, 1.82) is 0 Å². The van der Waals surface area contributed by atoms with E-state index in [-0.39, 0.29) is 11.1 Å². The summed E-state index contributed by atoms with van der Waals surface area (Å²) in [5.74, 6) is -4.26. The second-order valence-corrected chi connectivity index (χ2v) is 6.42. The molecule has 0 aliphatic carbocycles. The van der Waals surface area contributed by atoms with Gasteiger partial charge in [0, 0.05) is 0 Å². The van der Waals surface area contributed by atoms with Crippen molar-refractivity contribution in [3.8, 4) is 28.0 Å². The lowest BCUT2D eigenvalue weighted by molar-refractivity contribution is -0.274. The van der Waals surface area contributed by atoms with Gasteiger partial charge in [0.05, 0.1) is 5.56 Å². The van der Waals surface area contributed by atoms with Crippen LogP contribution in [0.25, 0.3) is 22.3 Å². The molecule has 7 heteroatoms. The van der Waals surface area contributed by atoms with E-state index in [2.05, 4.69) is 4.74 Å². The highest BCUT2D eigenvalue weighted by Gasteiger charge is 2.31. The Morgan fingerprint density at radius 1 is 0.793 bits per heavy atom. The molecular formula is C22H16F6O. The summed E-state index contributed by atoms with van der Waals surface area (Å²) in [5, 5.41) is 0. The summed E-state index contributed by atoms with van der Waals surface area (Å²) in [5.41, 5.74) is 0.755. The Bertz CT molecular complexity index is 1010. The number of ether oxygens (including phenoxy) is 1. The molecule has 0 amide bonds. The molecule has 0 saturated heterocycles. The Morgan fingerprint density at radius 2 is 1.45 bits per heavy atom. The lowest BCUT2D eigenvalue weighted by atomic mass is 9.92. The Morgan fingerprint density at radius 3 is 2.07 bits per heavy atom. The minimum atomic E-state index is -4.93. The molecule has 0 spiro atoms. The van der Waals surface area contributed by atoms with Gasteiger partial charge in [-0.2, -0.15) is 0 Å². The normalized spacial score (nSPS) is 11.6. The van der Waals surface area contributed by atoms with Crippen molar-refractivity contribution in [2.75, 3.05) is 0 Å². The summed E-state index contributed by atoms with van der Waals surface area (Å²) in [4.78, 5) is 0. The van der Waals surface area contributed by atoms with Gasteiger partial charge in [0.15, 0.2) is 11.6 Å². The van der Waals surface area contributed by atoms with Crippen LogP contribution in [0.3, 0.4) is 0 Å². The van der Waals surface area contributed by atoms with E-state index >= 15 is 0 Å². The maximum absolute atomic E-state index is 14.4. The van der Waals surface area contributed by atoms with E-state index < -0.39 is 35.1 Å². The first-order valence-electron chi connectivity index (χ1n) is 8.82. The predicted molar refractivity (Wildman–Crippen MR) is 97.9 cm³/mol. The van der Waals surface area contributed by atoms with Gasteiger partial charge in [-0.25, -0.2) is 13.2 Å². The molecular weight excluding hydrogens is 394 g/mol. The Kier molecular flexibility index (Phi) is 5.86. The summed E-state index contributed by atoms with van der Waals surface area (Å²) in [7, 11) is 0. The first-order valence-corrected chi connectivity index (χ1v) is 8.82. The van der Waals surface area contributed by atoms with Crippen LogP contribution >= 0.6 is 0 Å².